The summed E-state index contributed by atoms with van der Waals surface area (Å²) in [5, 5.41) is 3.39. The van der Waals surface area contributed by atoms with Gasteiger partial charge in [0.1, 0.15) is 5.82 Å². The van der Waals surface area contributed by atoms with Crippen molar-refractivity contribution in [2.24, 2.45) is 0 Å². The van der Waals surface area contributed by atoms with Crippen LogP contribution in [0.4, 0.5) is 0 Å². The van der Waals surface area contributed by atoms with E-state index in [4.69, 9.17) is 4.98 Å². The van der Waals surface area contributed by atoms with Crippen molar-refractivity contribution in [2.75, 3.05) is 0 Å². The van der Waals surface area contributed by atoms with Gasteiger partial charge in [-0.25, -0.2) is 9.97 Å². The molecule has 1 aliphatic rings. The fourth-order valence-electron chi connectivity index (χ4n) is 2.64. The molecule has 1 N–H and O–H groups in total. The zero-order valence-electron chi connectivity index (χ0n) is 11.9. The standard InChI is InChI=1S/C15H25N3/c1-11(2)16-10-15-17-12(3)9-14(18-15)13-7-5-4-6-8-13/h9,11,13,16H,4-8,10H2,1-3H3. The van der Waals surface area contributed by atoms with Crippen molar-refractivity contribution in [2.45, 2.75) is 71.4 Å². The Morgan fingerprint density at radius 1 is 1.22 bits per heavy atom. The first-order valence-corrected chi connectivity index (χ1v) is 7.23. The van der Waals surface area contributed by atoms with E-state index in [1.165, 1.54) is 37.8 Å². The first kappa shape index (κ1) is 13.5. The van der Waals surface area contributed by atoms with Gasteiger partial charge in [-0.05, 0) is 25.8 Å². The molecule has 3 nitrogen and oxygen atoms in total. The van der Waals surface area contributed by atoms with E-state index < -0.39 is 0 Å². The van der Waals surface area contributed by atoms with Gasteiger partial charge in [0.05, 0.1) is 6.54 Å². The minimum atomic E-state index is 0.479. The highest BCUT2D eigenvalue weighted by Gasteiger charge is 2.17. The Balaban J connectivity index is 2.09. The number of aromatic nitrogens is 2. The highest BCUT2D eigenvalue weighted by Crippen LogP contribution is 2.31. The fraction of sp³-hybridized carbons (Fsp3) is 0.733. The van der Waals surface area contributed by atoms with Crippen LogP contribution in [0.5, 0.6) is 0 Å². The quantitative estimate of drug-likeness (QED) is 0.887. The Morgan fingerprint density at radius 2 is 1.94 bits per heavy atom. The Kier molecular flexibility index (Phi) is 4.70. The molecule has 0 aliphatic heterocycles. The average molecular weight is 247 g/mol. The summed E-state index contributed by atoms with van der Waals surface area (Å²) in [6.07, 6.45) is 6.70. The summed E-state index contributed by atoms with van der Waals surface area (Å²) in [7, 11) is 0. The largest absolute Gasteiger partial charge is 0.308 e. The minimum absolute atomic E-state index is 0.479. The highest BCUT2D eigenvalue weighted by molar-refractivity contribution is 5.15. The molecule has 1 fully saturated rings. The van der Waals surface area contributed by atoms with E-state index >= 15 is 0 Å². The number of nitrogens with one attached hydrogen (secondary N) is 1. The van der Waals surface area contributed by atoms with E-state index in [1.54, 1.807) is 0 Å². The molecule has 3 heteroatoms. The van der Waals surface area contributed by atoms with Gasteiger partial charge in [-0.2, -0.15) is 0 Å². The number of aryl methyl sites for hydroxylation is 1. The van der Waals surface area contributed by atoms with Crippen LogP contribution in [0.1, 0.15) is 69.1 Å². The summed E-state index contributed by atoms with van der Waals surface area (Å²) < 4.78 is 0. The van der Waals surface area contributed by atoms with Crippen LogP contribution in [-0.4, -0.2) is 16.0 Å². The minimum Gasteiger partial charge on any atom is -0.308 e. The molecular formula is C15H25N3. The molecular weight excluding hydrogens is 222 g/mol. The van der Waals surface area contributed by atoms with Crippen LogP contribution in [0, 0.1) is 6.92 Å². The van der Waals surface area contributed by atoms with E-state index in [0.717, 1.165) is 18.1 Å². The molecule has 0 amide bonds. The zero-order valence-corrected chi connectivity index (χ0v) is 11.9. The number of nitrogens with zero attached hydrogens (tertiary/aromatic N) is 2. The maximum absolute atomic E-state index is 4.76. The van der Waals surface area contributed by atoms with Crippen LogP contribution in [0.25, 0.3) is 0 Å². The molecule has 0 atom stereocenters. The summed E-state index contributed by atoms with van der Waals surface area (Å²) in [6.45, 7) is 7.15. The summed E-state index contributed by atoms with van der Waals surface area (Å²) in [5.41, 5.74) is 2.37. The van der Waals surface area contributed by atoms with Crippen LogP contribution >= 0.6 is 0 Å². The van der Waals surface area contributed by atoms with Crippen LogP contribution < -0.4 is 5.32 Å². The topological polar surface area (TPSA) is 37.8 Å². The lowest BCUT2D eigenvalue weighted by atomic mass is 9.86. The molecule has 1 heterocycles. The predicted octanol–water partition coefficient (Wildman–Crippen LogP) is 3.33. The number of rotatable bonds is 4. The molecule has 0 radical (unpaired) electrons. The molecule has 0 saturated heterocycles. The lowest BCUT2D eigenvalue weighted by molar-refractivity contribution is 0.434. The van der Waals surface area contributed by atoms with Crippen molar-refractivity contribution in [1.29, 1.82) is 0 Å². The molecule has 0 aromatic carbocycles. The lowest BCUT2D eigenvalue weighted by Crippen LogP contribution is -2.24. The van der Waals surface area contributed by atoms with E-state index in [-0.39, 0.29) is 0 Å². The maximum Gasteiger partial charge on any atom is 0.142 e. The van der Waals surface area contributed by atoms with Gasteiger partial charge in [0.2, 0.25) is 0 Å². The SMILES string of the molecule is Cc1cc(C2CCCCC2)nc(CNC(C)C)n1. The molecule has 1 aromatic heterocycles. The second kappa shape index (κ2) is 6.28. The highest BCUT2D eigenvalue weighted by atomic mass is 15.0. The molecule has 18 heavy (non-hydrogen) atoms. The van der Waals surface area contributed by atoms with E-state index in [9.17, 15) is 0 Å². The Labute approximate surface area is 110 Å². The molecule has 100 valence electrons. The van der Waals surface area contributed by atoms with Crippen LogP contribution in [-0.2, 0) is 6.54 Å². The third kappa shape index (κ3) is 3.77. The van der Waals surface area contributed by atoms with Gasteiger partial charge in [0.25, 0.3) is 0 Å². The second-order valence-corrected chi connectivity index (χ2v) is 5.72. The molecule has 1 aliphatic carbocycles. The van der Waals surface area contributed by atoms with Gasteiger partial charge >= 0.3 is 0 Å². The van der Waals surface area contributed by atoms with Gasteiger partial charge in [-0.15, -0.1) is 0 Å². The molecule has 0 unspecified atom stereocenters. The summed E-state index contributed by atoms with van der Waals surface area (Å²) in [4.78, 5) is 9.28. The monoisotopic (exact) mass is 247 g/mol. The molecule has 1 aromatic rings. The fourth-order valence-corrected chi connectivity index (χ4v) is 2.64. The number of hydrogen-bond acceptors (Lipinski definition) is 3. The van der Waals surface area contributed by atoms with Crippen molar-refractivity contribution in [1.82, 2.24) is 15.3 Å². The first-order valence-electron chi connectivity index (χ1n) is 7.23. The van der Waals surface area contributed by atoms with Crippen molar-refractivity contribution < 1.29 is 0 Å². The third-order valence-electron chi connectivity index (χ3n) is 3.61. The Bertz CT molecular complexity index is 381. The maximum atomic E-state index is 4.76. The number of hydrogen-bond donors (Lipinski definition) is 1. The van der Waals surface area contributed by atoms with Gasteiger partial charge in [0.15, 0.2) is 0 Å². The predicted molar refractivity (Wildman–Crippen MR) is 74.6 cm³/mol. The van der Waals surface area contributed by atoms with Crippen molar-refractivity contribution in [3.8, 4) is 0 Å². The Hall–Kier alpha value is -0.960. The van der Waals surface area contributed by atoms with Crippen molar-refractivity contribution in [3.05, 3.63) is 23.3 Å². The molecule has 2 rings (SSSR count). The summed E-state index contributed by atoms with van der Waals surface area (Å²) in [6, 6.07) is 2.65. The van der Waals surface area contributed by atoms with Crippen LogP contribution in [0.3, 0.4) is 0 Å². The van der Waals surface area contributed by atoms with Crippen molar-refractivity contribution in [3.63, 3.8) is 0 Å². The van der Waals surface area contributed by atoms with Gasteiger partial charge in [-0.3, -0.25) is 0 Å². The van der Waals surface area contributed by atoms with Gasteiger partial charge < -0.3 is 5.32 Å². The van der Waals surface area contributed by atoms with Gasteiger partial charge in [0, 0.05) is 23.3 Å². The van der Waals surface area contributed by atoms with E-state index in [0.29, 0.717) is 12.0 Å². The van der Waals surface area contributed by atoms with Crippen LogP contribution in [0.2, 0.25) is 0 Å². The average Bonchev–Trinajstić information content (AvgIpc) is 2.37. The normalized spacial score (nSPS) is 17.3. The molecule has 0 spiro atoms. The van der Waals surface area contributed by atoms with Crippen LogP contribution in [0.15, 0.2) is 6.07 Å². The third-order valence-corrected chi connectivity index (χ3v) is 3.61. The lowest BCUT2D eigenvalue weighted by Gasteiger charge is -2.21. The van der Waals surface area contributed by atoms with E-state index in [2.05, 4.69) is 37.1 Å². The molecule has 1 saturated carbocycles. The molecule has 0 bridgehead atoms. The second-order valence-electron chi connectivity index (χ2n) is 5.72. The van der Waals surface area contributed by atoms with Gasteiger partial charge in [-0.1, -0.05) is 33.1 Å². The van der Waals surface area contributed by atoms with Crippen molar-refractivity contribution >= 4 is 0 Å². The summed E-state index contributed by atoms with van der Waals surface area (Å²) in [5.74, 6) is 1.61. The zero-order chi connectivity index (χ0) is 13.0. The van der Waals surface area contributed by atoms with E-state index in [1.807, 2.05) is 0 Å². The smallest absolute Gasteiger partial charge is 0.142 e. The first-order chi connectivity index (χ1) is 8.65. The Morgan fingerprint density at radius 3 is 2.61 bits per heavy atom. The summed E-state index contributed by atoms with van der Waals surface area (Å²) >= 11 is 0.